The Hall–Kier alpha value is -2.10. The zero-order valence-electron chi connectivity index (χ0n) is 11.8. The van der Waals surface area contributed by atoms with Gasteiger partial charge in [0.25, 0.3) is 5.91 Å². The molecule has 2 fully saturated rings. The summed E-state index contributed by atoms with van der Waals surface area (Å²) in [5.74, 6) is -2.78. The topological polar surface area (TPSA) is 82.8 Å². The van der Waals surface area contributed by atoms with Gasteiger partial charge in [0, 0.05) is 32.2 Å². The van der Waals surface area contributed by atoms with Crippen LogP contribution in [0.15, 0.2) is 16.7 Å². The third-order valence-corrected chi connectivity index (χ3v) is 3.73. The predicted molar refractivity (Wildman–Crippen MR) is 68.1 cm³/mol. The van der Waals surface area contributed by atoms with Crippen LogP contribution in [0.2, 0.25) is 0 Å². The largest absolute Gasteiger partial charge is 0.490 e. The zero-order chi connectivity index (χ0) is 17.2. The van der Waals surface area contributed by atoms with Gasteiger partial charge in [0.1, 0.15) is 0 Å². The highest BCUT2D eigenvalue weighted by molar-refractivity contribution is 5.92. The highest BCUT2D eigenvalue weighted by atomic mass is 19.4. The van der Waals surface area contributed by atoms with Gasteiger partial charge in [-0.25, -0.2) is 9.18 Å². The summed E-state index contributed by atoms with van der Waals surface area (Å²) in [5.41, 5.74) is 0. The molecule has 1 aromatic rings. The van der Waals surface area contributed by atoms with Crippen LogP contribution >= 0.6 is 0 Å². The summed E-state index contributed by atoms with van der Waals surface area (Å²) in [5, 5.41) is 10.4. The number of carboxylic acids is 1. The number of alkyl halides is 3. The summed E-state index contributed by atoms with van der Waals surface area (Å²) in [6, 6.07) is 1.17. The van der Waals surface area contributed by atoms with Crippen molar-refractivity contribution >= 4 is 11.9 Å². The fourth-order valence-electron chi connectivity index (χ4n) is 2.61. The molecule has 23 heavy (non-hydrogen) atoms. The average molecular weight is 338 g/mol. The zero-order valence-corrected chi connectivity index (χ0v) is 11.8. The lowest BCUT2D eigenvalue weighted by atomic mass is 10.0. The first-order valence-electron chi connectivity index (χ1n) is 6.73. The van der Waals surface area contributed by atoms with E-state index in [9.17, 15) is 22.4 Å². The lowest BCUT2D eigenvalue weighted by Gasteiger charge is -2.15. The van der Waals surface area contributed by atoms with Crippen molar-refractivity contribution in [3.05, 3.63) is 23.9 Å². The summed E-state index contributed by atoms with van der Waals surface area (Å²) >= 11 is 0. The van der Waals surface area contributed by atoms with E-state index in [4.69, 9.17) is 14.3 Å². The molecular weight excluding hydrogens is 324 g/mol. The molecule has 2 N–H and O–H groups in total. The van der Waals surface area contributed by atoms with Gasteiger partial charge in [0.2, 0.25) is 5.76 Å². The molecule has 0 aromatic carbocycles. The van der Waals surface area contributed by atoms with Crippen LogP contribution in [-0.2, 0) is 4.79 Å². The molecule has 128 valence electrons. The third-order valence-electron chi connectivity index (χ3n) is 3.73. The quantitative estimate of drug-likeness (QED) is 0.755. The van der Waals surface area contributed by atoms with E-state index in [1.807, 2.05) is 0 Å². The van der Waals surface area contributed by atoms with Crippen molar-refractivity contribution in [3.63, 3.8) is 0 Å². The summed E-state index contributed by atoms with van der Waals surface area (Å²) in [6.07, 6.45) is -3.87. The smallest absolute Gasteiger partial charge is 0.475 e. The highest BCUT2D eigenvalue weighted by Crippen LogP contribution is 2.27. The Morgan fingerprint density at radius 1 is 1.26 bits per heavy atom. The van der Waals surface area contributed by atoms with Crippen LogP contribution in [0.25, 0.3) is 0 Å². The molecule has 2 saturated heterocycles. The Labute approximate surface area is 128 Å². The normalized spacial score (nSPS) is 23.2. The monoisotopic (exact) mass is 338 g/mol. The Bertz CT molecular complexity index is 575. The number of furan rings is 1. The molecule has 1 amide bonds. The van der Waals surface area contributed by atoms with Crippen LogP contribution in [-0.4, -0.2) is 54.2 Å². The first-order chi connectivity index (χ1) is 10.7. The molecular formula is C13H14F4N2O4. The van der Waals surface area contributed by atoms with E-state index in [2.05, 4.69) is 5.32 Å². The van der Waals surface area contributed by atoms with Crippen molar-refractivity contribution in [2.75, 3.05) is 26.2 Å². The maximum atomic E-state index is 13.2. The Balaban J connectivity index is 0.000000236. The van der Waals surface area contributed by atoms with E-state index in [0.29, 0.717) is 24.9 Å². The van der Waals surface area contributed by atoms with Gasteiger partial charge in [0.05, 0.1) is 6.26 Å². The van der Waals surface area contributed by atoms with Gasteiger partial charge in [-0.1, -0.05) is 0 Å². The van der Waals surface area contributed by atoms with E-state index in [0.717, 1.165) is 13.1 Å². The number of rotatable bonds is 1. The SMILES string of the molecule is O=C(O)C(F)(F)F.O=C(c1occc1F)N1CC2CNCC2C1. The fourth-order valence-corrected chi connectivity index (χ4v) is 2.61. The molecule has 2 atom stereocenters. The highest BCUT2D eigenvalue weighted by Gasteiger charge is 2.39. The van der Waals surface area contributed by atoms with Gasteiger partial charge >= 0.3 is 12.1 Å². The second-order valence-electron chi connectivity index (χ2n) is 5.29. The van der Waals surface area contributed by atoms with Crippen LogP contribution in [0.5, 0.6) is 0 Å². The first-order valence-corrected chi connectivity index (χ1v) is 6.73. The van der Waals surface area contributed by atoms with Crippen molar-refractivity contribution in [2.45, 2.75) is 6.18 Å². The van der Waals surface area contributed by atoms with Crippen molar-refractivity contribution < 1.29 is 36.7 Å². The number of fused-ring (bicyclic) bond motifs is 1. The number of carboxylic acid groups (broad SMARTS) is 1. The minimum Gasteiger partial charge on any atom is -0.475 e. The number of amides is 1. The first kappa shape index (κ1) is 17.3. The van der Waals surface area contributed by atoms with E-state index < -0.39 is 18.0 Å². The number of carbonyl (C=O) groups is 2. The minimum atomic E-state index is -5.08. The molecule has 0 spiro atoms. The maximum Gasteiger partial charge on any atom is 0.490 e. The Kier molecular flexibility index (Phi) is 4.93. The lowest BCUT2D eigenvalue weighted by molar-refractivity contribution is -0.192. The fraction of sp³-hybridized carbons (Fsp3) is 0.538. The van der Waals surface area contributed by atoms with Gasteiger partial charge in [-0.2, -0.15) is 13.2 Å². The van der Waals surface area contributed by atoms with Crippen LogP contribution in [0.3, 0.4) is 0 Å². The number of likely N-dealkylation sites (tertiary alicyclic amines) is 1. The number of nitrogens with one attached hydrogen (secondary N) is 1. The van der Waals surface area contributed by atoms with Gasteiger partial charge in [-0.05, 0) is 11.8 Å². The molecule has 1 aromatic heterocycles. The molecule has 10 heteroatoms. The molecule has 2 unspecified atom stereocenters. The van der Waals surface area contributed by atoms with Crippen LogP contribution in [0.4, 0.5) is 17.6 Å². The molecule has 2 aliphatic heterocycles. The van der Waals surface area contributed by atoms with Crippen LogP contribution in [0, 0.1) is 17.7 Å². The van der Waals surface area contributed by atoms with E-state index >= 15 is 0 Å². The molecule has 0 radical (unpaired) electrons. The lowest BCUT2D eigenvalue weighted by Crippen LogP contribution is -2.32. The Morgan fingerprint density at radius 3 is 2.17 bits per heavy atom. The van der Waals surface area contributed by atoms with E-state index in [-0.39, 0.29) is 11.7 Å². The van der Waals surface area contributed by atoms with Crippen molar-refractivity contribution in [1.29, 1.82) is 0 Å². The summed E-state index contributed by atoms with van der Waals surface area (Å²) in [6.45, 7) is 3.32. The van der Waals surface area contributed by atoms with Gasteiger partial charge in [-0.3, -0.25) is 4.79 Å². The number of hydrogen-bond donors (Lipinski definition) is 2. The van der Waals surface area contributed by atoms with Crippen molar-refractivity contribution in [1.82, 2.24) is 10.2 Å². The predicted octanol–water partition coefficient (Wildman–Crippen LogP) is 1.34. The molecule has 3 heterocycles. The number of carbonyl (C=O) groups excluding carboxylic acids is 1. The van der Waals surface area contributed by atoms with Crippen molar-refractivity contribution in [3.8, 4) is 0 Å². The molecule has 2 aliphatic rings. The minimum absolute atomic E-state index is 0.159. The van der Waals surface area contributed by atoms with E-state index in [1.54, 1.807) is 4.90 Å². The molecule has 0 saturated carbocycles. The number of halogens is 4. The molecule has 3 rings (SSSR count). The number of hydrogen-bond acceptors (Lipinski definition) is 4. The maximum absolute atomic E-state index is 13.2. The Morgan fingerprint density at radius 2 is 1.78 bits per heavy atom. The molecule has 0 bridgehead atoms. The number of nitrogens with zero attached hydrogens (tertiary/aromatic N) is 1. The number of aliphatic carboxylic acids is 1. The average Bonchev–Trinajstić information content (AvgIpc) is 3.11. The van der Waals surface area contributed by atoms with Gasteiger partial charge in [0.15, 0.2) is 5.82 Å². The van der Waals surface area contributed by atoms with Crippen LogP contribution in [0.1, 0.15) is 10.6 Å². The molecule has 6 nitrogen and oxygen atoms in total. The van der Waals surface area contributed by atoms with Crippen LogP contribution < -0.4 is 5.32 Å². The van der Waals surface area contributed by atoms with E-state index in [1.165, 1.54) is 12.3 Å². The van der Waals surface area contributed by atoms with Gasteiger partial charge < -0.3 is 19.7 Å². The van der Waals surface area contributed by atoms with Gasteiger partial charge in [-0.15, -0.1) is 0 Å². The summed E-state index contributed by atoms with van der Waals surface area (Å²) < 4.78 is 49.8. The second-order valence-corrected chi connectivity index (χ2v) is 5.29. The third kappa shape index (κ3) is 4.01. The van der Waals surface area contributed by atoms with Crippen molar-refractivity contribution in [2.24, 2.45) is 11.8 Å². The summed E-state index contributed by atoms with van der Waals surface area (Å²) in [7, 11) is 0. The second kappa shape index (κ2) is 6.57. The molecule has 0 aliphatic carbocycles. The standard InChI is InChI=1S/C11H13FN2O2.C2HF3O2/c12-9-1-2-16-10(9)11(15)14-5-7-3-13-4-8(7)6-14;3-2(4,5)1(6)7/h1-2,7-8,13H,3-6H2;(H,6,7). The summed E-state index contributed by atoms with van der Waals surface area (Å²) in [4.78, 5) is 22.5.